The molecule has 108 valence electrons. The van der Waals surface area contributed by atoms with Crippen molar-refractivity contribution < 1.29 is 13.7 Å². The summed E-state index contributed by atoms with van der Waals surface area (Å²) in [7, 11) is 0.659. The van der Waals surface area contributed by atoms with Crippen LogP contribution in [0.15, 0.2) is 18.2 Å². The highest BCUT2D eigenvalue weighted by Gasteiger charge is 2.10. The van der Waals surface area contributed by atoms with Crippen LogP contribution in [0.3, 0.4) is 0 Å². The predicted octanol–water partition coefficient (Wildman–Crippen LogP) is 2.00. The Balaban J connectivity index is 2.87. The first-order valence-electron chi connectivity index (χ1n) is 6.43. The number of benzene rings is 1. The van der Waals surface area contributed by atoms with Gasteiger partial charge < -0.3 is 15.2 Å². The molecule has 1 rings (SSSR count). The zero-order chi connectivity index (χ0) is 14.3. The van der Waals surface area contributed by atoms with Gasteiger partial charge in [0.05, 0.1) is 19.0 Å². The summed E-state index contributed by atoms with van der Waals surface area (Å²) in [6.07, 6.45) is 0. The van der Waals surface area contributed by atoms with Gasteiger partial charge in [0.15, 0.2) is 0 Å². The van der Waals surface area contributed by atoms with Crippen LogP contribution in [-0.2, 0) is 21.3 Å². The van der Waals surface area contributed by atoms with Gasteiger partial charge in [-0.05, 0) is 31.5 Å². The lowest BCUT2D eigenvalue weighted by Gasteiger charge is -2.13. The topological polar surface area (TPSA) is 61.5 Å². The fraction of sp³-hybridized carbons (Fsp3) is 0.571. The molecule has 0 aromatic heterocycles. The largest absolute Gasteiger partial charge is 0.494 e. The van der Waals surface area contributed by atoms with Crippen LogP contribution in [0, 0.1) is 0 Å². The van der Waals surface area contributed by atoms with E-state index in [0.29, 0.717) is 24.7 Å². The number of hydrogen-bond donors (Lipinski definition) is 1. The van der Waals surface area contributed by atoms with Gasteiger partial charge >= 0.3 is 0 Å². The van der Waals surface area contributed by atoms with Gasteiger partial charge in [-0.3, -0.25) is 4.21 Å². The lowest BCUT2D eigenvalue weighted by Crippen LogP contribution is -2.10. The average molecular weight is 285 g/mol. The van der Waals surface area contributed by atoms with Crippen LogP contribution in [0.1, 0.15) is 31.0 Å². The monoisotopic (exact) mass is 285 g/mol. The number of rotatable bonds is 8. The van der Waals surface area contributed by atoms with Crippen molar-refractivity contribution in [2.24, 2.45) is 5.73 Å². The number of hydrogen-bond acceptors (Lipinski definition) is 4. The first kappa shape index (κ1) is 16.1. The smallest absolute Gasteiger partial charge is 0.123 e. The molecule has 1 aromatic rings. The normalized spacial score (nSPS) is 14.1. The molecule has 0 fully saturated rings. The molecule has 0 spiro atoms. The lowest BCUT2D eigenvalue weighted by atomic mass is 10.1. The van der Waals surface area contributed by atoms with Gasteiger partial charge in [-0.15, -0.1) is 0 Å². The van der Waals surface area contributed by atoms with Crippen LogP contribution in [0.5, 0.6) is 5.75 Å². The third kappa shape index (κ3) is 5.30. The van der Waals surface area contributed by atoms with E-state index in [1.54, 1.807) is 7.11 Å². The Hall–Kier alpha value is -0.910. The first-order chi connectivity index (χ1) is 9.08. The van der Waals surface area contributed by atoms with Crippen LogP contribution >= 0.6 is 0 Å². The highest BCUT2D eigenvalue weighted by atomic mass is 32.2. The number of nitrogens with two attached hydrogens (primary N) is 1. The van der Waals surface area contributed by atoms with Crippen molar-refractivity contribution in [1.29, 1.82) is 0 Å². The van der Waals surface area contributed by atoms with Gasteiger partial charge in [0.2, 0.25) is 0 Å². The quantitative estimate of drug-likeness (QED) is 0.793. The van der Waals surface area contributed by atoms with E-state index in [0.717, 1.165) is 16.9 Å². The minimum atomic E-state index is -0.952. The molecule has 2 N–H and O–H groups in total. The lowest BCUT2D eigenvalue weighted by molar-refractivity contribution is 0.218. The average Bonchev–Trinajstić information content (AvgIpc) is 2.38. The van der Waals surface area contributed by atoms with Crippen LogP contribution in [0.2, 0.25) is 0 Å². The molecule has 0 heterocycles. The zero-order valence-corrected chi connectivity index (χ0v) is 12.7. The Morgan fingerprint density at radius 1 is 1.42 bits per heavy atom. The maximum Gasteiger partial charge on any atom is 0.123 e. The second-order valence-electron chi connectivity index (χ2n) is 4.37. The van der Waals surface area contributed by atoms with E-state index >= 15 is 0 Å². The van der Waals surface area contributed by atoms with Gasteiger partial charge in [0.25, 0.3) is 0 Å². The van der Waals surface area contributed by atoms with Crippen molar-refractivity contribution in [2.45, 2.75) is 25.6 Å². The molecule has 0 radical (unpaired) electrons. The van der Waals surface area contributed by atoms with Crippen molar-refractivity contribution in [1.82, 2.24) is 0 Å². The Labute approximate surface area is 117 Å². The van der Waals surface area contributed by atoms with Crippen molar-refractivity contribution in [3.63, 3.8) is 0 Å². The summed E-state index contributed by atoms with van der Waals surface area (Å²) in [4.78, 5) is 0. The molecule has 5 heteroatoms. The molecule has 0 aliphatic rings. The third-order valence-corrected chi connectivity index (χ3v) is 4.00. The summed E-state index contributed by atoms with van der Waals surface area (Å²) in [5.41, 5.74) is 7.86. The van der Waals surface area contributed by atoms with E-state index in [1.807, 2.05) is 32.0 Å². The van der Waals surface area contributed by atoms with E-state index in [1.165, 1.54) is 0 Å². The van der Waals surface area contributed by atoms with E-state index in [9.17, 15) is 4.21 Å². The summed E-state index contributed by atoms with van der Waals surface area (Å²) in [6.45, 7) is 4.96. The molecule has 0 amide bonds. The van der Waals surface area contributed by atoms with Gasteiger partial charge in [-0.2, -0.15) is 0 Å². The number of methoxy groups -OCH3 is 1. The van der Waals surface area contributed by atoms with E-state index in [-0.39, 0.29) is 6.04 Å². The molecular formula is C14H23NO3S. The molecule has 2 unspecified atom stereocenters. The summed E-state index contributed by atoms with van der Waals surface area (Å²) in [5.74, 6) is 1.79. The Morgan fingerprint density at radius 3 is 2.74 bits per heavy atom. The third-order valence-electron chi connectivity index (χ3n) is 2.74. The van der Waals surface area contributed by atoms with Gasteiger partial charge in [-0.25, -0.2) is 0 Å². The highest BCUT2D eigenvalue weighted by Crippen LogP contribution is 2.24. The molecule has 19 heavy (non-hydrogen) atoms. The summed E-state index contributed by atoms with van der Waals surface area (Å²) in [5, 5.41) is 0. The van der Waals surface area contributed by atoms with Crippen molar-refractivity contribution in [3.05, 3.63) is 29.3 Å². The van der Waals surface area contributed by atoms with Crippen LogP contribution in [0.25, 0.3) is 0 Å². The van der Waals surface area contributed by atoms with Crippen LogP contribution in [-0.4, -0.2) is 30.3 Å². The highest BCUT2D eigenvalue weighted by molar-refractivity contribution is 7.84. The van der Waals surface area contributed by atoms with Crippen LogP contribution < -0.4 is 10.5 Å². The summed E-state index contributed by atoms with van der Waals surface area (Å²) < 4.78 is 22.5. The summed E-state index contributed by atoms with van der Waals surface area (Å²) in [6, 6.07) is 5.81. The van der Waals surface area contributed by atoms with Gasteiger partial charge in [0.1, 0.15) is 5.75 Å². The molecule has 0 aliphatic heterocycles. The van der Waals surface area contributed by atoms with Crippen molar-refractivity contribution in [3.8, 4) is 5.75 Å². The van der Waals surface area contributed by atoms with Crippen molar-refractivity contribution >= 4 is 10.8 Å². The number of ether oxygens (including phenoxy) is 2. The predicted molar refractivity (Wildman–Crippen MR) is 78.8 cm³/mol. The first-order valence-corrected chi connectivity index (χ1v) is 7.92. The fourth-order valence-corrected chi connectivity index (χ4v) is 2.78. The molecule has 0 aliphatic carbocycles. The Bertz CT molecular complexity index is 421. The fourth-order valence-electron chi connectivity index (χ4n) is 1.71. The zero-order valence-electron chi connectivity index (χ0n) is 11.8. The Morgan fingerprint density at radius 2 is 2.16 bits per heavy atom. The van der Waals surface area contributed by atoms with Crippen molar-refractivity contribution in [2.75, 3.05) is 26.1 Å². The molecule has 0 bridgehead atoms. The minimum Gasteiger partial charge on any atom is -0.494 e. The molecule has 1 aromatic carbocycles. The SMILES string of the molecule is CCOc1ccc(C(C)N)cc1CS(=O)CCOC. The van der Waals surface area contributed by atoms with E-state index < -0.39 is 10.8 Å². The molecular weight excluding hydrogens is 262 g/mol. The summed E-state index contributed by atoms with van der Waals surface area (Å²) >= 11 is 0. The van der Waals surface area contributed by atoms with E-state index in [4.69, 9.17) is 15.2 Å². The maximum atomic E-state index is 12.0. The van der Waals surface area contributed by atoms with Crippen LogP contribution in [0.4, 0.5) is 0 Å². The second-order valence-corrected chi connectivity index (χ2v) is 5.95. The molecule has 0 saturated carbocycles. The molecule has 2 atom stereocenters. The van der Waals surface area contributed by atoms with E-state index in [2.05, 4.69) is 0 Å². The minimum absolute atomic E-state index is 0.0400. The molecule has 4 nitrogen and oxygen atoms in total. The van der Waals surface area contributed by atoms with Gasteiger partial charge in [0, 0.05) is 35.3 Å². The second kappa shape index (κ2) is 8.30. The Kier molecular flexibility index (Phi) is 7.05. The standard InChI is InChI=1S/C14H23NO3S/c1-4-18-14-6-5-12(11(2)15)9-13(14)10-19(16)8-7-17-3/h5-6,9,11H,4,7-8,10,15H2,1-3H3. The van der Waals surface area contributed by atoms with Gasteiger partial charge in [-0.1, -0.05) is 6.07 Å². The molecule has 0 saturated heterocycles. The maximum absolute atomic E-state index is 12.0.